The Labute approximate surface area is 141 Å². The van der Waals surface area contributed by atoms with Crippen LogP contribution in [0.15, 0.2) is 16.6 Å². The van der Waals surface area contributed by atoms with E-state index in [1.807, 2.05) is 12.1 Å². The molecule has 1 aromatic rings. The Bertz CT molecular complexity index is 568. The molecule has 0 spiro atoms. The van der Waals surface area contributed by atoms with E-state index in [9.17, 15) is 9.59 Å². The Morgan fingerprint density at radius 3 is 2.64 bits per heavy atom. The zero-order valence-electron chi connectivity index (χ0n) is 12.1. The Morgan fingerprint density at radius 1 is 1.27 bits per heavy atom. The van der Waals surface area contributed by atoms with E-state index in [0.717, 1.165) is 27.3 Å². The normalized spacial score (nSPS) is 12.6. The maximum Gasteiger partial charge on any atom is 0.321 e. The van der Waals surface area contributed by atoms with Crippen LogP contribution in [-0.4, -0.2) is 38.0 Å². The molecule has 1 heterocycles. The molecule has 2 rings (SSSR count). The highest BCUT2D eigenvalue weighted by atomic mass is 79.9. The fourth-order valence-corrected chi connectivity index (χ4v) is 3.40. The monoisotopic (exact) mass is 388 g/mol. The molecular formula is C14H17BrN2O4S. The van der Waals surface area contributed by atoms with Gasteiger partial charge in [-0.1, -0.05) is 15.9 Å². The lowest BCUT2D eigenvalue weighted by Crippen LogP contribution is -2.37. The first-order chi connectivity index (χ1) is 10.6. The molecule has 2 N–H and O–H groups in total. The van der Waals surface area contributed by atoms with E-state index >= 15 is 0 Å². The summed E-state index contributed by atoms with van der Waals surface area (Å²) < 4.78 is 12.0. The van der Waals surface area contributed by atoms with Gasteiger partial charge in [0.1, 0.15) is 13.2 Å². The molecule has 8 heteroatoms. The quantitative estimate of drug-likeness (QED) is 0.756. The van der Waals surface area contributed by atoms with Gasteiger partial charge in [0, 0.05) is 29.4 Å². The van der Waals surface area contributed by atoms with Gasteiger partial charge in [-0.25, -0.2) is 4.79 Å². The van der Waals surface area contributed by atoms with Gasteiger partial charge >= 0.3 is 6.03 Å². The summed E-state index contributed by atoms with van der Waals surface area (Å²) in [5, 5.41) is 4.57. The third kappa shape index (κ3) is 4.81. The molecule has 0 radical (unpaired) electrons. The van der Waals surface area contributed by atoms with Crippen molar-refractivity contribution in [2.45, 2.75) is 12.2 Å². The van der Waals surface area contributed by atoms with Crippen molar-refractivity contribution in [3.8, 4) is 11.5 Å². The second-order valence-corrected chi connectivity index (χ2v) is 6.48. The molecule has 6 nitrogen and oxygen atoms in total. The van der Waals surface area contributed by atoms with Gasteiger partial charge in [0.15, 0.2) is 11.5 Å². The summed E-state index contributed by atoms with van der Waals surface area (Å²) in [6.45, 7) is 1.12. The fourth-order valence-electron chi connectivity index (χ4n) is 1.82. The summed E-state index contributed by atoms with van der Waals surface area (Å²) in [4.78, 5) is 22.4. The van der Waals surface area contributed by atoms with E-state index in [1.54, 1.807) is 11.8 Å². The molecule has 1 aromatic carbocycles. The number of hydrogen-bond acceptors (Lipinski definition) is 5. The molecule has 1 aliphatic rings. The van der Waals surface area contributed by atoms with Gasteiger partial charge in [0.2, 0.25) is 5.91 Å². The molecule has 0 fully saturated rings. The predicted octanol–water partition coefficient (Wildman–Crippen LogP) is 2.30. The minimum atomic E-state index is -0.482. The SMILES string of the molecule is CNC(=O)NC(=O)CCSCc1cc2c(cc1Br)OCCO2. The minimum Gasteiger partial charge on any atom is -0.486 e. The van der Waals surface area contributed by atoms with Crippen LogP contribution in [-0.2, 0) is 10.5 Å². The largest absolute Gasteiger partial charge is 0.486 e. The second-order valence-electron chi connectivity index (χ2n) is 4.52. The van der Waals surface area contributed by atoms with Crippen LogP contribution in [0.25, 0.3) is 0 Å². The van der Waals surface area contributed by atoms with Crippen molar-refractivity contribution in [3.63, 3.8) is 0 Å². The Kier molecular flexibility index (Phi) is 6.38. The summed E-state index contributed by atoms with van der Waals surface area (Å²) in [6, 6.07) is 3.38. The maximum absolute atomic E-state index is 11.5. The first kappa shape index (κ1) is 17.0. The highest BCUT2D eigenvalue weighted by Crippen LogP contribution is 2.36. The maximum atomic E-state index is 11.5. The Hall–Kier alpha value is -1.41. The number of nitrogens with one attached hydrogen (secondary N) is 2. The number of urea groups is 1. The molecular weight excluding hydrogens is 372 g/mol. The number of amides is 3. The molecule has 1 aliphatic heterocycles. The lowest BCUT2D eigenvalue weighted by Gasteiger charge is -2.19. The lowest BCUT2D eigenvalue weighted by atomic mass is 10.2. The number of thioether (sulfide) groups is 1. The van der Waals surface area contributed by atoms with Gasteiger partial charge in [-0.3, -0.25) is 10.1 Å². The molecule has 0 aromatic heterocycles. The van der Waals surface area contributed by atoms with E-state index in [1.165, 1.54) is 7.05 Å². The van der Waals surface area contributed by atoms with Crippen molar-refractivity contribution in [2.75, 3.05) is 26.0 Å². The summed E-state index contributed by atoms with van der Waals surface area (Å²) in [5.74, 6) is 2.58. The van der Waals surface area contributed by atoms with Crippen LogP contribution in [0.5, 0.6) is 11.5 Å². The van der Waals surface area contributed by atoms with Crippen LogP contribution in [0.1, 0.15) is 12.0 Å². The number of rotatable bonds is 5. The van der Waals surface area contributed by atoms with E-state index in [0.29, 0.717) is 25.4 Å². The van der Waals surface area contributed by atoms with Crippen LogP contribution >= 0.6 is 27.7 Å². The van der Waals surface area contributed by atoms with Crippen molar-refractivity contribution in [2.24, 2.45) is 0 Å². The van der Waals surface area contributed by atoms with Gasteiger partial charge in [0.05, 0.1) is 0 Å². The topological polar surface area (TPSA) is 76.7 Å². The van der Waals surface area contributed by atoms with Crippen LogP contribution < -0.4 is 20.1 Å². The highest BCUT2D eigenvalue weighted by Gasteiger charge is 2.15. The molecule has 22 heavy (non-hydrogen) atoms. The lowest BCUT2D eigenvalue weighted by molar-refractivity contribution is -0.119. The smallest absolute Gasteiger partial charge is 0.321 e. The first-order valence-corrected chi connectivity index (χ1v) is 8.72. The Morgan fingerprint density at radius 2 is 1.95 bits per heavy atom. The standard InChI is InChI=1S/C14H17BrN2O4S/c1-16-14(19)17-13(18)2-5-22-8-9-6-11-12(7-10(9)15)21-4-3-20-11/h6-7H,2-5,8H2,1H3,(H2,16,17,18,19). The number of carbonyl (C=O) groups is 2. The van der Waals surface area contributed by atoms with E-state index < -0.39 is 6.03 Å². The highest BCUT2D eigenvalue weighted by molar-refractivity contribution is 9.10. The van der Waals surface area contributed by atoms with Crippen molar-refractivity contribution < 1.29 is 19.1 Å². The van der Waals surface area contributed by atoms with Gasteiger partial charge in [0.25, 0.3) is 0 Å². The van der Waals surface area contributed by atoms with Gasteiger partial charge in [-0.05, 0) is 17.7 Å². The van der Waals surface area contributed by atoms with Crippen LogP contribution in [0.2, 0.25) is 0 Å². The van der Waals surface area contributed by atoms with E-state index in [-0.39, 0.29) is 5.91 Å². The summed E-state index contributed by atoms with van der Waals surface area (Å²) in [6.07, 6.45) is 0.292. The van der Waals surface area contributed by atoms with E-state index in [4.69, 9.17) is 9.47 Å². The number of carbonyl (C=O) groups excluding carboxylic acids is 2. The number of fused-ring (bicyclic) bond motifs is 1. The van der Waals surface area contributed by atoms with E-state index in [2.05, 4.69) is 26.6 Å². The minimum absolute atomic E-state index is 0.284. The summed E-state index contributed by atoms with van der Waals surface area (Å²) in [5.41, 5.74) is 1.08. The molecule has 0 saturated heterocycles. The first-order valence-electron chi connectivity index (χ1n) is 6.77. The van der Waals surface area contributed by atoms with Crippen molar-refractivity contribution in [3.05, 3.63) is 22.2 Å². The average molecular weight is 389 g/mol. The molecule has 0 atom stereocenters. The second kappa shape index (κ2) is 8.28. The van der Waals surface area contributed by atoms with Crippen molar-refractivity contribution in [1.29, 1.82) is 0 Å². The van der Waals surface area contributed by atoms with Gasteiger partial charge < -0.3 is 14.8 Å². The fraction of sp³-hybridized carbons (Fsp3) is 0.429. The van der Waals surface area contributed by atoms with Gasteiger partial charge in [-0.15, -0.1) is 0 Å². The average Bonchev–Trinajstić information content (AvgIpc) is 2.51. The molecule has 0 saturated carbocycles. The number of benzene rings is 1. The third-order valence-electron chi connectivity index (χ3n) is 2.92. The summed E-state index contributed by atoms with van der Waals surface area (Å²) >= 11 is 5.13. The zero-order valence-corrected chi connectivity index (χ0v) is 14.5. The van der Waals surface area contributed by atoms with Crippen LogP contribution in [0.3, 0.4) is 0 Å². The summed E-state index contributed by atoms with van der Waals surface area (Å²) in [7, 11) is 1.47. The van der Waals surface area contributed by atoms with Crippen LogP contribution in [0, 0.1) is 0 Å². The molecule has 0 unspecified atom stereocenters. The third-order valence-corrected chi connectivity index (χ3v) is 4.67. The van der Waals surface area contributed by atoms with Crippen LogP contribution in [0.4, 0.5) is 4.79 Å². The molecule has 0 aliphatic carbocycles. The zero-order chi connectivity index (χ0) is 15.9. The van der Waals surface area contributed by atoms with Gasteiger partial charge in [-0.2, -0.15) is 11.8 Å². The van der Waals surface area contributed by atoms with Crippen molar-refractivity contribution in [1.82, 2.24) is 10.6 Å². The van der Waals surface area contributed by atoms with Crippen molar-refractivity contribution >= 4 is 39.6 Å². The number of imide groups is 1. The predicted molar refractivity (Wildman–Crippen MR) is 88.5 cm³/mol. The molecule has 0 bridgehead atoms. The Balaban J connectivity index is 1.80. The molecule has 120 valence electrons. The molecule has 3 amide bonds. The number of halogens is 1. The number of ether oxygens (including phenoxy) is 2. The number of hydrogen-bond donors (Lipinski definition) is 2.